The maximum atomic E-state index is 14.1. The summed E-state index contributed by atoms with van der Waals surface area (Å²) < 4.78 is 6.06. The van der Waals surface area contributed by atoms with Crippen LogP contribution in [0.15, 0.2) is 6.07 Å². The lowest BCUT2D eigenvalue weighted by atomic mass is 9.79. The molecule has 3 aliphatic rings. The molecule has 6 nitrogen and oxygen atoms in total. The largest absolute Gasteiger partial charge is 0.477 e. The highest BCUT2D eigenvalue weighted by atomic mass is 32.1. The number of thiophene rings is 1. The molecule has 0 aliphatic heterocycles. The molecule has 210 valence electrons. The van der Waals surface area contributed by atoms with Gasteiger partial charge in [-0.05, 0) is 97.0 Å². The number of aliphatic hydroxyl groups is 1. The zero-order valence-corrected chi connectivity index (χ0v) is 24.4. The molecule has 0 saturated heterocycles. The number of carboxylic acid groups (broad SMARTS) is 1. The minimum Gasteiger partial charge on any atom is -0.477 e. The van der Waals surface area contributed by atoms with Gasteiger partial charge in [0.1, 0.15) is 4.88 Å². The number of hydrogen-bond donors (Lipinski definition) is 2. The lowest BCUT2D eigenvalue weighted by Crippen LogP contribution is -2.50. The van der Waals surface area contributed by atoms with Crippen LogP contribution in [0.3, 0.4) is 0 Å². The molecule has 0 atom stereocenters. The van der Waals surface area contributed by atoms with Crippen molar-refractivity contribution in [3.05, 3.63) is 15.8 Å². The number of anilines is 1. The number of hydrogen-bond acceptors (Lipinski definition) is 5. The van der Waals surface area contributed by atoms with Crippen molar-refractivity contribution in [3.8, 4) is 11.8 Å². The molecule has 38 heavy (non-hydrogen) atoms. The summed E-state index contributed by atoms with van der Waals surface area (Å²) >= 11 is 1.15. The fraction of sp³-hybridized carbons (Fsp3) is 0.742. The first-order valence-corrected chi connectivity index (χ1v) is 15.3. The molecule has 3 saturated carbocycles. The quantitative estimate of drug-likeness (QED) is 0.377. The van der Waals surface area contributed by atoms with Crippen molar-refractivity contribution in [2.24, 2.45) is 17.3 Å². The Labute approximate surface area is 232 Å². The first-order valence-electron chi connectivity index (χ1n) is 14.5. The number of carbonyl (C=O) groups is 2. The maximum absolute atomic E-state index is 14.1. The van der Waals surface area contributed by atoms with E-state index in [2.05, 4.69) is 18.8 Å². The van der Waals surface area contributed by atoms with Crippen LogP contribution >= 0.6 is 11.3 Å². The van der Waals surface area contributed by atoms with E-state index in [0.29, 0.717) is 48.8 Å². The lowest BCUT2D eigenvalue weighted by Gasteiger charge is -2.42. The lowest BCUT2D eigenvalue weighted by molar-refractivity contribution is -0.125. The fourth-order valence-corrected chi connectivity index (χ4v) is 6.94. The van der Waals surface area contributed by atoms with E-state index in [1.165, 1.54) is 12.8 Å². The number of amides is 1. The number of ether oxygens (including phenoxy) is 1. The Hall–Kier alpha value is -1.88. The summed E-state index contributed by atoms with van der Waals surface area (Å²) in [6.45, 7) is 8.63. The van der Waals surface area contributed by atoms with Gasteiger partial charge in [0.25, 0.3) is 0 Å². The highest BCUT2D eigenvalue weighted by Gasteiger charge is 2.41. The normalized spacial score (nSPS) is 28.5. The van der Waals surface area contributed by atoms with Crippen LogP contribution < -0.4 is 4.90 Å². The van der Waals surface area contributed by atoms with E-state index in [4.69, 9.17) is 4.74 Å². The summed E-state index contributed by atoms with van der Waals surface area (Å²) in [5.41, 5.74) is -0.625. The first-order chi connectivity index (χ1) is 17.9. The Bertz CT molecular complexity index is 1040. The predicted molar refractivity (Wildman–Crippen MR) is 152 cm³/mol. The molecule has 3 fully saturated rings. The molecule has 0 bridgehead atoms. The van der Waals surface area contributed by atoms with E-state index in [1.54, 1.807) is 11.0 Å². The molecule has 1 aromatic rings. The molecule has 1 amide bonds. The third-order valence-electron chi connectivity index (χ3n) is 8.47. The van der Waals surface area contributed by atoms with Crippen LogP contribution in [0.2, 0.25) is 0 Å². The van der Waals surface area contributed by atoms with Crippen molar-refractivity contribution in [3.63, 3.8) is 0 Å². The Morgan fingerprint density at radius 2 is 1.71 bits per heavy atom. The van der Waals surface area contributed by atoms with E-state index in [9.17, 15) is 19.8 Å². The molecule has 0 unspecified atom stereocenters. The highest BCUT2D eigenvalue weighted by Crippen LogP contribution is 2.40. The Kier molecular flexibility index (Phi) is 9.27. The van der Waals surface area contributed by atoms with Crippen molar-refractivity contribution in [1.29, 1.82) is 0 Å². The second-order valence-electron chi connectivity index (χ2n) is 13.0. The molecule has 1 heterocycles. The van der Waals surface area contributed by atoms with Crippen LogP contribution in [0, 0.1) is 29.1 Å². The van der Waals surface area contributed by atoms with Gasteiger partial charge in [-0.1, -0.05) is 31.6 Å². The van der Waals surface area contributed by atoms with Crippen LogP contribution in [0.4, 0.5) is 5.69 Å². The standard InChI is InChI=1S/C31H45NO5S/c1-21-9-11-22(12-10-21)28(33)32(26-19-25(15-16-30(2,3)4)38-27(26)29(34)35)23-13-17-31(36,18-14-23)20-37-24-7-5-6-8-24/h19,21-24,36H,5-14,17-18,20H2,1-4H3,(H,34,35)/t21-,22-,23-,31+. The average molecular weight is 544 g/mol. The average Bonchev–Trinajstić information content (AvgIpc) is 3.53. The van der Waals surface area contributed by atoms with Gasteiger partial charge in [-0.3, -0.25) is 4.79 Å². The van der Waals surface area contributed by atoms with Gasteiger partial charge >= 0.3 is 5.97 Å². The van der Waals surface area contributed by atoms with E-state index in [0.717, 1.165) is 49.9 Å². The van der Waals surface area contributed by atoms with E-state index in [-0.39, 0.29) is 34.3 Å². The molecule has 2 N–H and O–H groups in total. The van der Waals surface area contributed by atoms with Crippen molar-refractivity contribution < 1.29 is 24.5 Å². The SMILES string of the molecule is CC(C)(C)C#Cc1cc(N(C(=O)[C@H]2CC[C@H](C)CC2)[C@H]2CC[C@](O)(COC3CCCC3)CC2)c(C(=O)O)s1. The van der Waals surface area contributed by atoms with Crippen molar-refractivity contribution in [2.75, 3.05) is 11.5 Å². The summed E-state index contributed by atoms with van der Waals surface area (Å²) in [6.07, 6.45) is 10.8. The van der Waals surface area contributed by atoms with Gasteiger partial charge in [0.15, 0.2) is 0 Å². The molecule has 1 aromatic heterocycles. The van der Waals surface area contributed by atoms with Crippen LogP contribution in [0.25, 0.3) is 0 Å². The van der Waals surface area contributed by atoms with Gasteiger partial charge in [-0.2, -0.15) is 0 Å². The van der Waals surface area contributed by atoms with Gasteiger partial charge in [0, 0.05) is 17.4 Å². The summed E-state index contributed by atoms with van der Waals surface area (Å²) in [4.78, 5) is 29.1. The zero-order valence-electron chi connectivity index (χ0n) is 23.6. The molecule has 3 aliphatic carbocycles. The van der Waals surface area contributed by atoms with Gasteiger partial charge < -0.3 is 19.8 Å². The fourth-order valence-electron chi connectivity index (χ4n) is 6.09. The monoisotopic (exact) mass is 543 g/mol. The van der Waals surface area contributed by atoms with Gasteiger partial charge in [0.05, 0.1) is 28.9 Å². The third kappa shape index (κ3) is 7.40. The van der Waals surface area contributed by atoms with Gasteiger partial charge in [-0.25, -0.2) is 4.79 Å². The first kappa shape index (κ1) is 29.1. The van der Waals surface area contributed by atoms with Crippen LogP contribution in [-0.2, 0) is 9.53 Å². The number of carboxylic acids is 1. The topological polar surface area (TPSA) is 87.1 Å². The van der Waals surface area contributed by atoms with E-state index < -0.39 is 11.6 Å². The zero-order chi connectivity index (χ0) is 27.5. The summed E-state index contributed by atoms with van der Waals surface area (Å²) in [6, 6.07) is 1.66. The summed E-state index contributed by atoms with van der Waals surface area (Å²) in [5.74, 6) is 5.88. The van der Waals surface area contributed by atoms with Crippen LogP contribution in [0.1, 0.15) is 119 Å². The smallest absolute Gasteiger partial charge is 0.348 e. The van der Waals surface area contributed by atoms with Crippen LogP contribution in [0.5, 0.6) is 0 Å². The number of nitrogens with zero attached hydrogens (tertiary/aromatic N) is 1. The number of carbonyl (C=O) groups excluding carboxylic acids is 1. The Balaban J connectivity index is 1.58. The molecule has 4 rings (SSSR count). The third-order valence-corrected chi connectivity index (χ3v) is 9.50. The summed E-state index contributed by atoms with van der Waals surface area (Å²) in [7, 11) is 0. The van der Waals surface area contributed by atoms with E-state index in [1.807, 2.05) is 20.8 Å². The molecule has 0 radical (unpaired) electrons. The second-order valence-corrected chi connectivity index (χ2v) is 14.0. The molecule has 7 heteroatoms. The Morgan fingerprint density at radius 3 is 2.29 bits per heavy atom. The molecule has 0 aromatic carbocycles. The molecular weight excluding hydrogens is 498 g/mol. The van der Waals surface area contributed by atoms with Crippen molar-refractivity contribution >= 4 is 28.9 Å². The predicted octanol–water partition coefficient (Wildman–Crippen LogP) is 6.64. The second kappa shape index (κ2) is 12.1. The van der Waals surface area contributed by atoms with E-state index >= 15 is 0 Å². The minimum atomic E-state index is -1.03. The number of rotatable bonds is 7. The summed E-state index contributed by atoms with van der Waals surface area (Å²) in [5, 5.41) is 21.4. The highest BCUT2D eigenvalue weighted by molar-refractivity contribution is 7.15. The van der Waals surface area contributed by atoms with Gasteiger partial charge in [-0.15, -0.1) is 11.3 Å². The van der Waals surface area contributed by atoms with Crippen LogP contribution in [-0.4, -0.2) is 46.4 Å². The Morgan fingerprint density at radius 1 is 1.08 bits per heavy atom. The minimum absolute atomic E-state index is 0.0326. The van der Waals surface area contributed by atoms with Gasteiger partial charge in [0.2, 0.25) is 5.91 Å². The molecule has 0 spiro atoms. The maximum Gasteiger partial charge on any atom is 0.348 e. The van der Waals surface area contributed by atoms with Crippen molar-refractivity contribution in [1.82, 2.24) is 0 Å². The molecular formula is C31H45NO5S. The number of aromatic carboxylic acids is 1. The van der Waals surface area contributed by atoms with Crippen molar-refractivity contribution in [2.45, 2.75) is 122 Å².